The summed E-state index contributed by atoms with van der Waals surface area (Å²) in [6.07, 6.45) is 0.466. The third kappa shape index (κ3) is 4.18. The number of aromatic nitrogens is 2. The van der Waals surface area contributed by atoms with Gasteiger partial charge >= 0.3 is 0 Å². The van der Waals surface area contributed by atoms with Gasteiger partial charge in [-0.05, 0) is 43.2 Å². The Kier molecular flexibility index (Phi) is 5.87. The van der Waals surface area contributed by atoms with E-state index in [-0.39, 0.29) is 29.5 Å². The molecule has 0 aliphatic carbocycles. The molecule has 1 aliphatic heterocycles. The van der Waals surface area contributed by atoms with Crippen molar-refractivity contribution >= 4 is 15.9 Å². The molecule has 0 unspecified atom stereocenters. The number of halogens is 1. The highest BCUT2D eigenvalue weighted by atomic mass is 32.2. The van der Waals surface area contributed by atoms with Crippen LogP contribution in [0.15, 0.2) is 47.4 Å². The number of benzene rings is 2. The van der Waals surface area contributed by atoms with E-state index in [1.807, 2.05) is 13.0 Å². The van der Waals surface area contributed by atoms with Crippen LogP contribution in [0.4, 0.5) is 4.39 Å². The van der Waals surface area contributed by atoms with Gasteiger partial charge in [-0.1, -0.05) is 29.8 Å². The molecule has 1 aromatic heterocycles. The summed E-state index contributed by atoms with van der Waals surface area (Å²) in [5.41, 5.74) is 4.12. The lowest BCUT2D eigenvalue weighted by atomic mass is 10.1. The number of sulfonamides is 1. The average Bonchev–Trinajstić information content (AvgIpc) is 3.09. The smallest absolute Gasteiger partial charge is 0.272 e. The molecular formula is C23H25FN4O3S. The number of hydrogen-bond donors (Lipinski definition) is 1. The first-order valence-electron chi connectivity index (χ1n) is 10.3. The summed E-state index contributed by atoms with van der Waals surface area (Å²) < 4.78 is 42.8. The Balaban J connectivity index is 1.57. The summed E-state index contributed by atoms with van der Waals surface area (Å²) in [6, 6.07) is 11.1. The molecule has 0 spiro atoms. The maximum atomic E-state index is 13.3. The first-order valence-corrected chi connectivity index (χ1v) is 11.8. The maximum Gasteiger partial charge on any atom is 0.272 e. The van der Waals surface area contributed by atoms with Gasteiger partial charge in [0.05, 0.1) is 4.90 Å². The molecule has 0 atom stereocenters. The fourth-order valence-electron chi connectivity index (χ4n) is 4.05. The minimum absolute atomic E-state index is 0.0815. The van der Waals surface area contributed by atoms with E-state index in [0.29, 0.717) is 24.1 Å². The molecule has 1 aliphatic rings. The predicted molar refractivity (Wildman–Crippen MR) is 118 cm³/mol. The highest BCUT2D eigenvalue weighted by molar-refractivity contribution is 7.89. The number of hydrogen-bond acceptors (Lipinski definition) is 4. The van der Waals surface area contributed by atoms with Crippen molar-refractivity contribution in [2.45, 2.75) is 38.3 Å². The van der Waals surface area contributed by atoms with Crippen LogP contribution in [0.1, 0.15) is 38.4 Å². The van der Waals surface area contributed by atoms with Crippen LogP contribution in [0.3, 0.4) is 0 Å². The summed E-state index contributed by atoms with van der Waals surface area (Å²) >= 11 is 0. The van der Waals surface area contributed by atoms with Crippen molar-refractivity contribution in [2.24, 2.45) is 7.05 Å². The van der Waals surface area contributed by atoms with E-state index >= 15 is 0 Å². The standard InChI is InChI=1S/C23H25FN4O3S/c1-15-4-9-21(16(2)12-15)32(30,31)28-11-10-20-19(14-28)22(26-27(20)3)23(29)25-13-17-5-7-18(24)8-6-17/h4-9,12H,10-11,13-14H2,1-3H3,(H,25,29). The van der Waals surface area contributed by atoms with Gasteiger partial charge in [0.1, 0.15) is 5.82 Å². The molecule has 0 fully saturated rings. The minimum Gasteiger partial charge on any atom is -0.347 e. The molecule has 4 rings (SSSR count). The fourth-order valence-corrected chi connectivity index (χ4v) is 5.67. The Morgan fingerprint density at radius 3 is 2.56 bits per heavy atom. The Bertz CT molecular complexity index is 1280. The Labute approximate surface area is 186 Å². The molecule has 0 saturated heterocycles. The monoisotopic (exact) mass is 456 g/mol. The lowest BCUT2D eigenvalue weighted by molar-refractivity contribution is 0.0943. The quantitative estimate of drug-likeness (QED) is 0.640. The van der Waals surface area contributed by atoms with Crippen LogP contribution in [0.5, 0.6) is 0 Å². The third-order valence-corrected chi connectivity index (χ3v) is 7.74. The van der Waals surface area contributed by atoms with Crippen molar-refractivity contribution in [3.8, 4) is 0 Å². The zero-order valence-electron chi connectivity index (χ0n) is 18.2. The largest absolute Gasteiger partial charge is 0.347 e. The van der Waals surface area contributed by atoms with E-state index in [2.05, 4.69) is 10.4 Å². The summed E-state index contributed by atoms with van der Waals surface area (Å²) in [5, 5.41) is 7.15. The second kappa shape index (κ2) is 8.48. The van der Waals surface area contributed by atoms with E-state index in [1.54, 1.807) is 42.9 Å². The van der Waals surface area contributed by atoms with Crippen molar-refractivity contribution < 1.29 is 17.6 Å². The lowest BCUT2D eigenvalue weighted by Gasteiger charge is -2.27. The number of nitrogens with one attached hydrogen (secondary N) is 1. The van der Waals surface area contributed by atoms with Crippen molar-refractivity contribution in [3.05, 3.63) is 81.9 Å². The second-order valence-corrected chi connectivity index (χ2v) is 9.97. The molecule has 7 nitrogen and oxygen atoms in total. The summed E-state index contributed by atoms with van der Waals surface area (Å²) in [7, 11) is -1.96. The van der Waals surface area contributed by atoms with E-state index < -0.39 is 15.9 Å². The number of carbonyl (C=O) groups is 1. The summed E-state index contributed by atoms with van der Waals surface area (Å²) in [6.45, 7) is 4.32. The van der Waals surface area contributed by atoms with E-state index in [1.165, 1.54) is 16.4 Å². The van der Waals surface area contributed by atoms with Gasteiger partial charge in [-0.15, -0.1) is 0 Å². The van der Waals surface area contributed by atoms with Crippen molar-refractivity contribution in [2.75, 3.05) is 6.54 Å². The zero-order chi connectivity index (χ0) is 23.0. The number of carbonyl (C=O) groups excluding carboxylic acids is 1. The summed E-state index contributed by atoms with van der Waals surface area (Å²) in [4.78, 5) is 13.1. The molecule has 0 bridgehead atoms. The molecule has 3 aromatic rings. The summed E-state index contributed by atoms with van der Waals surface area (Å²) in [5.74, 6) is -0.735. The van der Waals surface area contributed by atoms with Gasteiger partial charge in [0, 0.05) is 44.4 Å². The van der Waals surface area contributed by atoms with Crippen LogP contribution < -0.4 is 5.32 Å². The number of fused-ring (bicyclic) bond motifs is 1. The van der Waals surface area contributed by atoms with Crippen LogP contribution in [-0.4, -0.2) is 35.0 Å². The molecule has 168 valence electrons. The van der Waals surface area contributed by atoms with Gasteiger partial charge in [-0.3, -0.25) is 9.48 Å². The predicted octanol–water partition coefficient (Wildman–Crippen LogP) is 2.85. The topological polar surface area (TPSA) is 84.3 Å². The van der Waals surface area contributed by atoms with Crippen LogP contribution in [0.2, 0.25) is 0 Å². The van der Waals surface area contributed by atoms with Crippen LogP contribution in [-0.2, 0) is 36.6 Å². The van der Waals surface area contributed by atoms with E-state index in [0.717, 1.165) is 16.8 Å². The van der Waals surface area contributed by atoms with Crippen molar-refractivity contribution in [1.82, 2.24) is 19.4 Å². The Hall–Kier alpha value is -3.04. The molecule has 9 heteroatoms. The number of rotatable bonds is 5. The lowest BCUT2D eigenvalue weighted by Crippen LogP contribution is -2.37. The molecule has 2 aromatic carbocycles. The van der Waals surface area contributed by atoms with Gasteiger partial charge in [0.25, 0.3) is 5.91 Å². The van der Waals surface area contributed by atoms with Gasteiger partial charge in [0.15, 0.2) is 5.69 Å². The molecule has 32 heavy (non-hydrogen) atoms. The fraction of sp³-hybridized carbons (Fsp3) is 0.304. The van der Waals surface area contributed by atoms with Crippen molar-refractivity contribution in [1.29, 1.82) is 0 Å². The Morgan fingerprint density at radius 1 is 1.16 bits per heavy atom. The molecule has 1 amide bonds. The first kappa shape index (κ1) is 22.2. The maximum absolute atomic E-state index is 13.3. The van der Waals surface area contributed by atoms with Crippen molar-refractivity contribution in [3.63, 3.8) is 0 Å². The third-order valence-electron chi connectivity index (χ3n) is 5.74. The average molecular weight is 457 g/mol. The first-order chi connectivity index (χ1) is 15.2. The normalized spacial score (nSPS) is 14.2. The number of nitrogens with zero attached hydrogens (tertiary/aromatic N) is 3. The van der Waals surface area contributed by atoms with E-state index in [4.69, 9.17) is 0 Å². The molecule has 1 N–H and O–H groups in total. The number of aryl methyl sites for hydroxylation is 3. The number of amides is 1. The van der Waals surface area contributed by atoms with Gasteiger partial charge in [-0.25, -0.2) is 12.8 Å². The molecule has 0 saturated carbocycles. The minimum atomic E-state index is -3.72. The van der Waals surface area contributed by atoms with Crippen LogP contribution in [0.25, 0.3) is 0 Å². The highest BCUT2D eigenvalue weighted by Crippen LogP contribution is 2.28. The zero-order valence-corrected chi connectivity index (χ0v) is 19.0. The highest BCUT2D eigenvalue weighted by Gasteiger charge is 2.34. The van der Waals surface area contributed by atoms with Crippen LogP contribution >= 0.6 is 0 Å². The molecular weight excluding hydrogens is 431 g/mol. The van der Waals surface area contributed by atoms with Gasteiger partial charge in [-0.2, -0.15) is 9.40 Å². The second-order valence-electron chi connectivity index (χ2n) is 8.06. The SMILES string of the molecule is Cc1ccc(S(=O)(=O)N2CCc3c(c(C(=O)NCc4ccc(F)cc4)nn3C)C2)c(C)c1. The van der Waals surface area contributed by atoms with Gasteiger partial charge < -0.3 is 5.32 Å². The Morgan fingerprint density at radius 2 is 1.88 bits per heavy atom. The molecule has 0 radical (unpaired) electrons. The van der Waals surface area contributed by atoms with E-state index in [9.17, 15) is 17.6 Å². The van der Waals surface area contributed by atoms with Gasteiger partial charge in [0.2, 0.25) is 10.0 Å². The van der Waals surface area contributed by atoms with Crippen LogP contribution in [0, 0.1) is 19.7 Å². The molecule has 2 heterocycles.